The fraction of sp³-hybridized carbons (Fsp3) is 0.300. The highest BCUT2D eigenvalue weighted by Gasteiger charge is 2.27. The maximum absolute atomic E-state index is 13.2. The lowest BCUT2D eigenvalue weighted by Gasteiger charge is -2.05. The van der Waals surface area contributed by atoms with E-state index in [2.05, 4.69) is 14.7 Å². The zero-order valence-corrected chi connectivity index (χ0v) is 8.81. The van der Waals surface area contributed by atoms with Crippen molar-refractivity contribution in [1.82, 2.24) is 9.97 Å². The van der Waals surface area contributed by atoms with Crippen molar-refractivity contribution in [2.24, 2.45) is 0 Å². The first-order chi connectivity index (χ1) is 8.37. The van der Waals surface area contributed by atoms with Crippen LogP contribution >= 0.6 is 0 Å². The molecule has 0 saturated carbocycles. The number of nitrogens with zero attached hydrogens (tertiary/aromatic N) is 1. The molecule has 98 valence electrons. The molecule has 0 radical (unpaired) electrons. The molecule has 2 aromatic rings. The molecule has 1 N–H and O–H groups in total. The van der Waals surface area contributed by atoms with Gasteiger partial charge in [0.15, 0.2) is 11.6 Å². The molecule has 0 aliphatic heterocycles. The number of hydrogen-bond acceptors (Lipinski definition) is 2. The number of fused-ring (bicyclic) bond motifs is 1. The van der Waals surface area contributed by atoms with Crippen molar-refractivity contribution in [2.45, 2.75) is 12.8 Å². The van der Waals surface area contributed by atoms with Gasteiger partial charge >= 0.3 is 6.18 Å². The number of rotatable bonds is 3. The summed E-state index contributed by atoms with van der Waals surface area (Å²) in [6, 6.07) is 2.14. The van der Waals surface area contributed by atoms with E-state index < -0.39 is 31.0 Å². The van der Waals surface area contributed by atoms with Gasteiger partial charge in [0.05, 0.1) is 5.52 Å². The van der Waals surface area contributed by atoms with E-state index in [1.165, 1.54) is 6.07 Å². The van der Waals surface area contributed by atoms with Crippen molar-refractivity contribution >= 4 is 11.0 Å². The average Bonchev–Trinajstić information content (AvgIpc) is 2.66. The number of alkyl halides is 3. The first kappa shape index (κ1) is 12.7. The van der Waals surface area contributed by atoms with Crippen molar-refractivity contribution < 1.29 is 26.7 Å². The van der Waals surface area contributed by atoms with E-state index >= 15 is 0 Å². The zero-order valence-electron chi connectivity index (χ0n) is 8.81. The summed E-state index contributed by atoms with van der Waals surface area (Å²) < 4.78 is 65.9. The molecule has 0 amide bonds. The summed E-state index contributed by atoms with van der Waals surface area (Å²) in [6.07, 6.45) is -4.44. The van der Waals surface area contributed by atoms with Gasteiger partial charge in [0, 0.05) is 0 Å². The quantitative estimate of drug-likeness (QED) is 0.867. The van der Waals surface area contributed by atoms with Gasteiger partial charge < -0.3 is 9.72 Å². The highest BCUT2D eigenvalue weighted by atomic mass is 19.4. The van der Waals surface area contributed by atoms with Gasteiger partial charge in [-0.1, -0.05) is 0 Å². The van der Waals surface area contributed by atoms with Crippen molar-refractivity contribution in [3.63, 3.8) is 0 Å². The molecule has 3 nitrogen and oxygen atoms in total. The van der Waals surface area contributed by atoms with Crippen molar-refractivity contribution in [2.75, 3.05) is 6.61 Å². The molecule has 0 fully saturated rings. The molecule has 0 bridgehead atoms. The van der Waals surface area contributed by atoms with Crippen LogP contribution in [0.15, 0.2) is 12.1 Å². The summed E-state index contributed by atoms with van der Waals surface area (Å²) >= 11 is 0. The van der Waals surface area contributed by atoms with Gasteiger partial charge in [-0.2, -0.15) is 13.2 Å². The molecule has 1 heterocycles. The largest absolute Gasteiger partial charge is 0.411 e. The van der Waals surface area contributed by atoms with E-state index in [0.717, 1.165) is 6.07 Å². The Bertz CT molecular complexity index is 563. The summed E-state index contributed by atoms with van der Waals surface area (Å²) in [4.78, 5) is 6.17. The molecule has 0 unspecified atom stereocenters. The summed E-state index contributed by atoms with van der Waals surface area (Å²) in [5.74, 6) is -2.22. The van der Waals surface area contributed by atoms with Gasteiger partial charge in [-0.3, -0.25) is 0 Å². The number of H-pyrrole nitrogens is 1. The van der Waals surface area contributed by atoms with Crippen LogP contribution in [0.1, 0.15) is 5.82 Å². The number of hydrogen-bond donors (Lipinski definition) is 1. The Kier molecular flexibility index (Phi) is 3.20. The number of imidazole rings is 1. The number of ether oxygens (including phenoxy) is 1. The number of halogens is 5. The van der Waals surface area contributed by atoms with Crippen LogP contribution in [0.3, 0.4) is 0 Å². The third kappa shape index (κ3) is 2.76. The molecular formula is C10H7F5N2O. The van der Waals surface area contributed by atoms with Crippen molar-refractivity contribution in [3.8, 4) is 0 Å². The molecule has 18 heavy (non-hydrogen) atoms. The highest BCUT2D eigenvalue weighted by Crippen LogP contribution is 2.19. The van der Waals surface area contributed by atoms with E-state index in [-0.39, 0.29) is 16.9 Å². The van der Waals surface area contributed by atoms with Crippen LogP contribution in [0, 0.1) is 11.6 Å². The molecule has 8 heteroatoms. The molecular weight excluding hydrogens is 259 g/mol. The first-order valence-corrected chi connectivity index (χ1v) is 4.84. The predicted octanol–water partition coefficient (Wildman–Crippen LogP) is 2.92. The minimum absolute atomic E-state index is 0.00116. The Balaban J connectivity index is 2.13. The molecule has 0 aliphatic carbocycles. The SMILES string of the molecule is Fc1ccc2[nH]c(COCC(F)(F)F)nc2c1F. The second kappa shape index (κ2) is 4.52. The Morgan fingerprint density at radius 3 is 2.61 bits per heavy atom. The van der Waals surface area contributed by atoms with Crippen LogP contribution < -0.4 is 0 Å². The van der Waals surface area contributed by atoms with Crippen molar-refractivity contribution in [1.29, 1.82) is 0 Å². The van der Waals surface area contributed by atoms with Crippen LogP contribution in [-0.4, -0.2) is 22.8 Å². The van der Waals surface area contributed by atoms with E-state index in [1.54, 1.807) is 0 Å². The number of benzene rings is 1. The molecule has 0 atom stereocenters. The maximum Gasteiger partial charge on any atom is 0.411 e. The molecule has 0 spiro atoms. The van der Waals surface area contributed by atoms with Gasteiger partial charge in [0.25, 0.3) is 0 Å². The molecule has 0 aliphatic rings. The Labute approximate surface area is 97.6 Å². The Hall–Kier alpha value is -1.70. The van der Waals surface area contributed by atoms with Gasteiger partial charge in [-0.15, -0.1) is 0 Å². The Morgan fingerprint density at radius 1 is 1.22 bits per heavy atom. The van der Waals surface area contributed by atoms with Crippen molar-refractivity contribution in [3.05, 3.63) is 29.6 Å². The lowest BCUT2D eigenvalue weighted by Crippen LogP contribution is -2.16. The van der Waals surface area contributed by atoms with Crippen LogP contribution in [0.25, 0.3) is 11.0 Å². The smallest absolute Gasteiger partial charge is 0.364 e. The standard InChI is InChI=1S/C10H7F5N2O/c11-5-1-2-6-9(8(5)12)17-7(16-6)3-18-4-10(13,14)15/h1-2H,3-4H2,(H,16,17). The zero-order chi connectivity index (χ0) is 13.3. The van der Waals surface area contributed by atoms with Crippen LogP contribution in [0.2, 0.25) is 0 Å². The second-order valence-electron chi connectivity index (χ2n) is 3.55. The average molecular weight is 266 g/mol. The summed E-state index contributed by atoms with van der Waals surface area (Å²) in [7, 11) is 0. The lowest BCUT2D eigenvalue weighted by atomic mass is 10.3. The molecule has 0 saturated heterocycles. The summed E-state index contributed by atoms with van der Waals surface area (Å²) in [6.45, 7) is -1.89. The fourth-order valence-electron chi connectivity index (χ4n) is 1.40. The number of aromatic amines is 1. The van der Waals surface area contributed by atoms with Gasteiger partial charge in [-0.05, 0) is 12.1 Å². The second-order valence-corrected chi connectivity index (χ2v) is 3.55. The summed E-state index contributed by atoms with van der Waals surface area (Å²) in [5, 5.41) is 0. The van der Waals surface area contributed by atoms with E-state index in [4.69, 9.17) is 0 Å². The van der Waals surface area contributed by atoms with Gasteiger partial charge in [-0.25, -0.2) is 13.8 Å². The van der Waals surface area contributed by atoms with E-state index in [9.17, 15) is 22.0 Å². The lowest BCUT2D eigenvalue weighted by molar-refractivity contribution is -0.177. The normalized spacial score (nSPS) is 12.3. The third-order valence-corrected chi connectivity index (χ3v) is 2.10. The van der Waals surface area contributed by atoms with Gasteiger partial charge in [0.2, 0.25) is 0 Å². The summed E-state index contributed by atoms with van der Waals surface area (Å²) in [5.41, 5.74) is -0.0693. The third-order valence-electron chi connectivity index (χ3n) is 2.10. The fourth-order valence-corrected chi connectivity index (χ4v) is 1.40. The van der Waals surface area contributed by atoms with Gasteiger partial charge in [0.1, 0.15) is 24.6 Å². The minimum Gasteiger partial charge on any atom is -0.364 e. The Morgan fingerprint density at radius 2 is 1.94 bits per heavy atom. The number of aromatic nitrogens is 2. The first-order valence-electron chi connectivity index (χ1n) is 4.84. The van der Waals surface area contributed by atoms with E-state index in [0.29, 0.717) is 0 Å². The molecule has 2 rings (SSSR count). The van der Waals surface area contributed by atoms with Crippen LogP contribution in [-0.2, 0) is 11.3 Å². The van der Waals surface area contributed by atoms with Crippen LogP contribution in [0.5, 0.6) is 0 Å². The topological polar surface area (TPSA) is 37.9 Å². The monoisotopic (exact) mass is 266 g/mol. The number of nitrogens with one attached hydrogen (secondary N) is 1. The minimum atomic E-state index is -4.44. The van der Waals surface area contributed by atoms with E-state index in [1.807, 2.05) is 0 Å². The predicted molar refractivity (Wildman–Crippen MR) is 51.7 cm³/mol. The maximum atomic E-state index is 13.2. The molecule has 1 aromatic carbocycles. The van der Waals surface area contributed by atoms with Crippen LogP contribution in [0.4, 0.5) is 22.0 Å². The molecule has 1 aromatic heterocycles. The highest BCUT2D eigenvalue weighted by molar-refractivity contribution is 5.75.